The van der Waals surface area contributed by atoms with Crippen LogP contribution < -0.4 is 11.0 Å². The van der Waals surface area contributed by atoms with Crippen molar-refractivity contribution in [3.8, 4) is 5.88 Å². The maximum Gasteiger partial charge on any atom is 0.264 e. The molecule has 1 aromatic rings. The summed E-state index contributed by atoms with van der Waals surface area (Å²) in [5.41, 5.74) is 1.84. The summed E-state index contributed by atoms with van der Waals surface area (Å²) in [6.07, 6.45) is 9.67. The largest absolute Gasteiger partial charge is 0.494 e. The molecule has 0 spiro atoms. The van der Waals surface area contributed by atoms with Gasteiger partial charge >= 0.3 is 0 Å². The number of aromatic amines is 1. The molecule has 1 amide bonds. The van der Waals surface area contributed by atoms with Gasteiger partial charge in [0.2, 0.25) is 11.8 Å². The van der Waals surface area contributed by atoms with Gasteiger partial charge in [-0.25, -0.2) is 5.43 Å². The van der Waals surface area contributed by atoms with Crippen LogP contribution in [-0.2, 0) is 11.3 Å². The van der Waals surface area contributed by atoms with Crippen molar-refractivity contribution >= 4 is 24.3 Å². The molecule has 0 atom stereocenters. The lowest BCUT2D eigenvalue weighted by Gasteiger charge is -2.10. The first-order valence-corrected chi connectivity index (χ1v) is 9.80. The monoisotopic (exact) mass is 382 g/mol. The second kappa shape index (κ2) is 12.4. The van der Waals surface area contributed by atoms with Crippen LogP contribution in [0.1, 0.15) is 77.2 Å². The van der Waals surface area contributed by atoms with Gasteiger partial charge in [-0.1, -0.05) is 52.4 Å². The SMILES string of the molecule is CCCCCCC(=O)N/N=C/c1c(O)n(CCCCCC)c(=S)[nH]c1=O. The number of H-pyrrole nitrogens is 1. The maximum absolute atomic E-state index is 12.0. The summed E-state index contributed by atoms with van der Waals surface area (Å²) in [5, 5.41) is 14.1. The summed E-state index contributed by atoms with van der Waals surface area (Å²) >= 11 is 5.12. The highest BCUT2D eigenvalue weighted by Crippen LogP contribution is 2.13. The zero-order valence-corrected chi connectivity index (χ0v) is 16.5. The number of hydrogen-bond acceptors (Lipinski definition) is 5. The highest BCUT2D eigenvalue weighted by atomic mass is 32.1. The van der Waals surface area contributed by atoms with Gasteiger partial charge in [0.15, 0.2) is 4.77 Å². The fourth-order valence-electron chi connectivity index (χ4n) is 2.53. The minimum atomic E-state index is -0.529. The molecule has 26 heavy (non-hydrogen) atoms. The molecule has 8 heteroatoms. The van der Waals surface area contributed by atoms with Crippen molar-refractivity contribution < 1.29 is 9.90 Å². The molecule has 0 fully saturated rings. The van der Waals surface area contributed by atoms with Crippen molar-refractivity contribution in [1.82, 2.24) is 15.0 Å². The lowest BCUT2D eigenvalue weighted by Crippen LogP contribution is -2.21. The first-order valence-electron chi connectivity index (χ1n) is 9.39. The Hall–Kier alpha value is -1.96. The quantitative estimate of drug-likeness (QED) is 0.222. The normalized spacial score (nSPS) is 11.2. The van der Waals surface area contributed by atoms with E-state index >= 15 is 0 Å². The number of carbonyl (C=O) groups excluding carboxylic acids is 1. The minimum Gasteiger partial charge on any atom is -0.494 e. The lowest BCUT2D eigenvalue weighted by atomic mass is 10.1. The third-order valence-electron chi connectivity index (χ3n) is 4.08. The van der Waals surface area contributed by atoms with Crippen LogP contribution in [0.2, 0.25) is 0 Å². The maximum atomic E-state index is 12.0. The predicted octanol–water partition coefficient (Wildman–Crippen LogP) is 3.61. The van der Waals surface area contributed by atoms with Gasteiger partial charge < -0.3 is 5.11 Å². The van der Waals surface area contributed by atoms with Crippen LogP contribution in [0.4, 0.5) is 0 Å². The summed E-state index contributed by atoms with van der Waals surface area (Å²) in [5.74, 6) is -0.434. The molecule has 3 N–H and O–H groups in total. The zero-order valence-electron chi connectivity index (χ0n) is 15.7. The molecule has 1 aromatic heterocycles. The van der Waals surface area contributed by atoms with Crippen LogP contribution in [0.3, 0.4) is 0 Å². The topological polar surface area (TPSA) is 99.5 Å². The molecule has 0 saturated heterocycles. The molecule has 0 unspecified atom stereocenters. The number of unbranched alkanes of at least 4 members (excludes halogenated alkanes) is 6. The Morgan fingerprint density at radius 2 is 1.85 bits per heavy atom. The van der Waals surface area contributed by atoms with Crippen LogP contribution in [0.25, 0.3) is 0 Å². The third kappa shape index (κ3) is 7.51. The minimum absolute atomic E-state index is 0.0135. The number of carbonyl (C=O) groups is 1. The fourth-order valence-corrected chi connectivity index (χ4v) is 2.80. The van der Waals surface area contributed by atoms with E-state index in [1.807, 2.05) is 0 Å². The number of hydrogen-bond donors (Lipinski definition) is 3. The molecule has 1 rings (SSSR count). The summed E-state index contributed by atoms with van der Waals surface area (Å²) in [6, 6.07) is 0. The molecule has 146 valence electrons. The molecular formula is C18H30N4O3S. The molecule has 0 aliphatic carbocycles. The number of hydrazone groups is 1. The number of rotatable bonds is 12. The van der Waals surface area contributed by atoms with Crippen molar-refractivity contribution in [2.24, 2.45) is 5.10 Å². The molecular weight excluding hydrogens is 352 g/mol. The molecule has 1 heterocycles. The van der Waals surface area contributed by atoms with Gasteiger partial charge in [0.25, 0.3) is 5.56 Å². The zero-order chi connectivity index (χ0) is 19.4. The number of nitrogens with one attached hydrogen (secondary N) is 2. The Morgan fingerprint density at radius 3 is 2.50 bits per heavy atom. The second-order valence-corrected chi connectivity index (χ2v) is 6.70. The van der Waals surface area contributed by atoms with Crippen molar-refractivity contribution in [3.05, 3.63) is 20.7 Å². The molecule has 7 nitrogen and oxygen atoms in total. The van der Waals surface area contributed by atoms with Gasteiger partial charge in [0.1, 0.15) is 5.56 Å². The summed E-state index contributed by atoms with van der Waals surface area (Å²) in [4.78, 5) is 26.2. The Bertz CT molecular complexity index is 709. The van der Waals surface area contributed by atoms with Crippen LogP contribution in [0, 0.1) is 4.77 Å². The van der Waals surface area contributed by atoms with E-state index in [-0.39, 0.29) is 22.1 Å². The van der Waals surface area contributed by atoms with Gasteiger partial charge in [-0.15, -0.1) is 0 Å². The number of amides is 1. The van der Waals surface area contributed by atoms with E-state index in [1.165, 1.54) is 4.57 Å². The molecule has 0 radical (unpaired) electrons. The van der Waals surface area contributed by atoms with E-state index in [9.17, 15) is 14.7 Å². The van der Waals surface area contributed by atoms with Crippen LogP contribution in [0.15, 0.2) is 9.90 Å². The van der Waals surface area contributed by atoms with Crippen LogP contribution in [-0.4, -0.2) is 26.8 Å². The van der Waals surface area contributed by atoms with Gasteiger partial charge in [-0.05, 0) is 25.1 Å². The Labute approximate surface area is 159 Å². The molecule has 0 aromatic carbocycles. The van der Waals surface area contributed by atoms with Gasteiger partial charge in [0, 0.05) is 13.0 Å². The summed E-state index contributed by atoms with van der Waals surface area (Å²) < 4.78 is 1.67. The molecule has 0 aliphatic heterocycles. The van der Waals surface area contributed by atoms with Gasteiger partial charge in [0.05, 0.1) is 6.21 Å². The van der Waals surface area contributed by atoms with E-state index in [1.54, 1.807) is 0 Å². The Morgan fingerprint density at radius 1 is 1.19 bits per heavy atom. The fraction of sp³-hybridized carbons (Fsp3) is 0.667. The van der Waals surface area contributed by atoms with E-state index in [0.29, 0.717) is 13.0 Å². The second-order valence-electron chi connectivity index (χ2n) is 6.31. The van der Waals surface area contributed by atoms with Gasteiger partial charge in [-0.3, -0.25) is 19.1 Å². The number of nitrogens with zero attached hydrogens (tertiary/aromatic N) is 2. The van der Waals surface area contributed by atoms with E-state index < -0.39 is 5.56 Å². The van der Waals surface area contributed by atoms with Crippen molar-refractivity contribution in [2.45, 2.75) is 78.2 Å². The van der Waals surface area contributed by atoms with Crippen molar-refractivity contribution in [3.63, 3.8) is 0 Å². The smallest absolute Gasteiger partial charge is 0.264 e. The molecule has 0 bridgehead atoms. The first-order chi connectivity index (χ1) is 12.5. The highest BCUT2D eigenvalue weighted by Gasteiger charge is 2.11. The van der Waals surface area contributed by atoms with Crippen molar-refractivity contribution in [2.75, 3.05) is 0 Å². The summed E-state index contributed by atoms with van der Waals surface area (Å²) in [6.45, 7) is 4.75. The highest BCUT2D eigenvalue weighted by molar-refractivity contribution is 7.71. The third-order valence-corrected chi connectivity index (χ3v) is 4.40. The Kier molecular flexibility index (Phi) is 10.5. The average molecular weight is 383 g/mol. The lowest BCUT2D eigenvalue weighted by molar-refractivity contribution is -0.121. The van der Waals surface area contributed by atoms with Gasteiger partial charge in [-0.2, -0.15) is 5.10 Å². The first kappa shape index (κ1) is 22.1. The number of aromatic hydroxyl groups is 1. The average Bonchev–Trinajstić information content (AvgIpc) is 2.60. The van der Waals surface area contributed by atoms with Crippen molar-refractivity contribution in [1.29, 1.82) is 0 Å². The molecule has 0 saturated carbocycles. The summed E-state index contributed by atoms with van der Waals surface area (Å²) in [7, 11) is 0. The van der Waals surface area contributed by atoms with E-state index in [4.69, 9.17) is 12.2 Å². The van der Waals surface area contributed by atoms with Crippen LogP contribution in [0.5, 0.6) is 5.88 Å². The number of aromatic nitrogens is 2. The molecule has 0 aliphatic rings. The standard InChI is InChI=1S/C18H30N4O3S/c1-3-5-7-9-11-15(23)21-19-13-14-16(24)20-18(26)22(17(14)25)12-10-8-6-4-2/h13,25H,3-12H2,1-2H3,(H,21,23)(H,20,24,26)/b19-13+. The van der Waals surface area contributed by atoms with E-state index in [0.717, 1.165) is 57.6 Å². The predicted molar refractivity (Wildman–Crippen MR) is 106 cm³/mol. The van der Waals surface area contributed by atoms with Crippen LogP contribution >= 0.6 is 12.2 Å². The Balaban J connectivity index is 2.72. The van der Waals surface area contributed by atoms with E-state index in [2.05, 4.69) is 29.4 Å².